The molecular weight excluding hydrogens is 254 g/mol. The van der Waals surface area contributed by atoms with E-state index in [9.17, 15) is 0 Å². The molecule has 0 N–H and O–H groups in total. The summed E-state index contributed by atoms with van der Waals surface area (Å²) in [5.41, 5.74) is 1.01. The average Bonchev–Trinajstić information content (AvgIpc) is 2.88. The Morgan fingerprint density at radius 1 is 1.28 bits per heavy atom. The summed E-state index contributed by atoms with van der Waals surface area (Å²) in [4.78, 5) is 0. The number of unbranched alkanes of at least 4 members (excludes halogenated alkanes) is 1. The summed E-state index contributed by atoms with van der Waals surface area (Å²) in [5, 5.41) is 3.45. The van der Waals surface area contributed by atoms with Crippen molar-refractivity contribution in [3.8, 4) is 0 Å². The summed E-state index contributed by atoms with van der Waals surface area (Å²) in [7, 11) is 1.21. The van der Waals surface area contributed by atoms with Crippen molar-refractivity contribution >= 4 is 27.1 Å². The molecule has 0 aromatic heterocycles. The molecule has 1 heterocycles. The van der Waals surface area contributed by atoms with Crippen LogP contribution in [0.5, 0.6) is 0 Å². The lowest BCUT2D eigenvalue weighted by Gasteiger charge is -2.22. The highest BCUT2D eigenvalue weighted by atomic mass is 31.1. The van der Waals surface area contributed by atoms with E-state index in [0.29, 0.717) is 0 Å². The molecule has 0 aliphatic carbocycles. The van der Waals surface area contributed by atoms with Crippen molar-refractivity contribution in [2.24, 2.45) is 0 Å². The first-order chi connectivity index (χ1) is 8.86. The van der Waals surface area contributed by atoms with Crippen molar-refractivity contribution in [2.45, 2.75) is 51.6 Å². The molecule has 2 heteroatoms. The van der Waals surface area contributed by atoms with Crippen LogP contribution < -0.4 is 10.6 Å². The predicted octanol–water partition coefficient (Wildman–Crippen LogP) is 4.47. The minimum Gasteiger partial charge on any atom is -0.0897 e. The molecular formula is C16H26P2. The number of rotatable bonds is 6. The molecule has 0 bridgehead atoms. The van der Waals surface area contributed by atoms with Gasteiger partial charge >= 0.3 is 0 Å². The van der Waals surface area contributed by atoms with Crippen molar-refractivity contribution < 1.29 is 0 Å². The molecule has 18 heavy (non-hydrogen) atoms. The molecule has 0 spiro atoms. The van der Waals surface area contributed by atoms with Gasteiger partial charge in [-0.25, -0.2) is 0 Å². The van der Waals surface area contributed by atoms with Gasteiger partial charge in [-0.3, -0.25) is 0 Å². The summed E-state index contributed by atoms with van der Waals surface area (Å²) in [6, 6.07) is 9.34. The van der Waals surface area contributed by atoms with Crippen LogP contribution in [0.25, 0.3) is 0 Å². The molecule has 2 unspecified atom stereocenters. The fraction of sp³-hybridized carbons (Fsp3) is 0.625. The monoisotopic (exact) mass is 280 g/mol. The first kappa shape index (κ1) is 14.5. The first-order valence-electron chi connectivity index (χ1n) is 7.46. The summed E-state index contributed by atoms with van der Waals surface area (Å²) >= 11 is 0. The standard InChI is InChI=1S/C16H26P2/c1-3-5-12-17-15-10-6-7-11-16(15)18-13-8-9-14(18)4-2/h6-7,10-11,14,17H,3-5,8-9,12-13H2,1-2H3/t14-,18?/m0/s1. The fourth-order valence-electron chi connectivity index (χ4n) is 2.85. The number of hydrogen-bond acceptors (Lipinski definition) is 0. The molecule has 1 aromatic rings. The Morgan fingerprint density at radius 2 is 2.11 bits per heavy atom. The summed E-state index contributed by atoms with van der Waals surface area (Å²) < 4.78 is 0. The van der Waals surface area contributed by atoms with Crippen LogP contribution in [-0.4, -0.2) is 18.0 Å². The SMILES string of the molecule is CCCCPc1ccccc1P1CCC[C@@H]1CC. The zero-order valence-electron chi connectivity index (χ0n) is 11.8. The normalized spacial score (nSPS) is 24.1. The third-order valence-electron chi connectivity index (χ3n) is 3.91. The van der Waals surface area contributed by atoms with Crippen molar-refractivity contribution in [3.63, 3.8) is 0 Å². The summed E-state index contributed by atoms with van der Waals surface area (Å²) in [6.07, 6.45) is 9.95. The highest BCUT2D eigenvalue weighted by molar-refractivity contribution is 7.68. The van der Waals surface area contributed by atoms with E-state index in [4.69, 9.17) is 0 Å². The molecule has 0 nitrogen and oxygen atoms in total. The number of hydrogen-bond donors (Lipinski definition) is 0. The van der Waals surface area contributed by atoms with E-state index in [1.807, 2.05) is 0 Å². The van der Waals surface area contributed by atoms with Crippen molar-refractivity contribution in [2.75, 3.05) is 12.3 Å². The van der Waals surface area contributed by atoms with Gasteiger partial charge in [0.25, 0.3) is 0 Å². The van der Waals surface area contributed by atoms with E-state index < -0.39 is 0 Å². The lowest BCUT2D eigenvalue weighted by atomic mass is 10.2. The highest BCUT2D eigenvalue weighted by Gasteiger charge is 2.27. The quantitative estimate of drug-likeness (QED) is 0.533. The van der Waals surface area contributed by atoms with Gasteiger partial charge in [0, 0.05) is 0 Å². The second-order valence-electron chi connectivity index (χ2n) is 5.20. The topological polar surface area (TPSA) is 0 Å². The minimum absolute atomic E-state index is 0.162. The van der Waals surface area contributed by atoms with Crippen LogP contribution in [-0.2, 0) is 0 Å². The fourth-order valence-corrected chi connectivity index (χ4v) is 7.92. The van der Waals surface area contributed by atoms with Gasteiger partial charge in [-0.15, -0.1) is 0 Å². The zero-order chi connectivity index (χ0) is 12.8. The number of benzene rings is 1. The smallest absolute Gasteiger partial charge is 0.0164 e. The second-order valence-corrected chi connectivity index (χ2v) is 9.19. The first-order valence-corrected chi connectivity index (χ1v) is 10.3. The van der Waals surface area contributed by atoms with E-state index in [-0.39, 0.29) is 7.92 Å². The molecule has 0 amide bonds. The molecule has 1 aliphatic rings. The molecule has 1 saturated heterocycles. The third-order valence-corrected chi connectivity index (χ3v) is 8.85. The Labute approximate surface area is 115 Å². The van der Waals surface area contributed by atoms with E-state index in [2.05, 4.69) is 38.1 Å². The lowest BCUT2D eigenvalue weighted by molar-refractivity contribution is 0.756. The van der Waals surface area contributed by atoms with Crippen molar-refractivity contribution in [1.29, 1.82) is 0 Å². The Morgan fingerprint density at radius 3 is 2.89 bits per heavy atom. The van der Waals surface area contributed by atoms with Crippen LogP contribution in [0.15, 0.2) is 24.3 Å². The maximum Gasteiger partial charge on any atom is -0.0164 e. The van der Waals surface area contributed by atoms with Crippen LogP contribution in [0, 0.1) is 0 Å². The molecule has 1 aliphatic heterocycles. The summed E-state index contributed by atoms with van der Waals surface area (Å²) in [5.74, 6) is 0. The molecule has 1 fully saturated rings. The Balaban J connectivity index is 2.11. The van der Waals surface area contributed by atoms with E-state index >= 15 is 0 Å². The van der Waals surface area contributed by atoms with Gasteiger partial charge in [0.1, 0.15) is 0 Å². The molecule has 0 radical (unpaired) electrons. The van der Waals surface area contributed by atoms with Gasteiger partial charge in [0.15, 0.2) is 0 Å². The van der Waals surface area contributed by atoms with Crippen LogP contribution in [0.1, 0.15) is 46.0 Å². The Kier molecular flexibility index (Phi) is 6.13. The van der Waals surface area contributed by atoms with E-state index in [1.54, 1.807) is 10.6 Å². The van der Waals surface area contributed by atoms with Crippen LogP contribution >= 0.6 is 16.5 Å². The summed E-state index contributed by atoms with van der Waals surface area (Å²) in [6.45, 7) is 4.68. The maximum atomic E-state index is 2.44. The van der Waals surface area contributed by atoms with E-state index in [0.717, 1.165) is 14.2 Å². The molecule has 0 saturated carbocycles. The maximum absolute atomic E-state index is 2.44. The molecule has 3 atom stereocenters. The van der Waals surface area contributed by atoms with Crippen LogP contribution in [0.4, 0.5) is 0 Å². The molecule has 100 valence electrons. The van der Waals surface area contributed by atoms with E-state index in [1.165, 1.54) is 44.4 Å². The van der Waals surface area contributed by atoms with Gasteiger partial charge in [0.05, 0.1) is 0 Å². The van der Waals surface area contributed by atoms with Crippen LogP contribution in [0.2, 0.25) is 0 Å². The lowest BCUT2D eigenvalue weighted by Crippen LogP contribution is -2.22. The second kappa shape index (κ2) is 7.62. The van der Waals surface area contributed by atoms with Gasteiger partial charge in [-0.05, 0) is 54.3 Å². The minimum atomic E-state index is 0.162. The average molecular weight is 280 g/mol. The van der Waals surface area contributed by atoms with Gasteiger partial charge in [-0.1, -0.05) is 61.0 Å². The Hall–Kier alpha value is 0.0800. The highest BCUT2D eigenvalue weighted by Crippen LogP contribution is 2.50. The van der Waals surface area contributed by atoms with Gasteiger partial charge in [0.2, 0.25) is 0 Å². The third kappa shape index (κ3) is 3.55. The van der Waals surface area contributed by atoms with Crippen molar-refractivity contribution in [1.82, 2.24) is 0 Å². The zero-order valence-corrected chi connectivity index (χ0v) is 13.7. The van der Waals surface area contributed by atoms with Crippen LogP contribution in [0.3, 0.4) is 0 Å². The van der Waals surface area contributed by atoms with Gasteiger partial charge < -0.3 is 0 Å². The largest absolute Gasteiger partial charge is 0.0897 e. The molecule has 2 rings (SSSR count). The van der Waals surface area contributed by atoms with Gasteiger partial charge in [-0.2, -0.15) is 0 Å². The molecule has 1 aromatic carbocycles. The Bertz CT molecular complexity index is 362. The van der Waals surface area contributed by atoms with Crippen molar-refractivity contribution in [3.05, 3.63) is 24.3 Å². The predicted molar refractivity (Wildman–Crippen MR) is 88.9 cm³/mol.